The summed E-state index contributed by atoms with van der Waals surface area (Å²) in [5, 5.41) is 3.15. The third-order valence-electron chi connectivity index (χ3n) is 5.02. The van der Waals surface area contributed by atoms with Gasteiger partial charge >= 0.3 is 5.63 Å². The molecule has 0 aliphatic heterocycles. The monoisotopic (exact) mass is 510 g/mol. The minimum absolute atomic E-state index is 0. The molecule has 2 heterocycles. The first-order valence-electron chi connectivity index (χ1n) is 9.70. The van der Waals surface area contributed by atoms with Crippen LogP contribution in [0.2, 0.25) is 0 Å². The van der Waals surface area contributed by atoms with Gasteiger partial charge in [0.05, 0.1) is 5.69 Å². The smallest absolute Gasteiger partial charge is 0.340 e. The van der Waals surface area contributed by atoms with Crippen molar-refractivity contribution in [1.29, 1.82) is 0 Å². The number of ether oxygens (including phenoxy) is 1. The third-order valence-corrected chi connectivity index (χ3v) is 6.71. The average molecular weight is 511 g/mol. The van der Waals surface area contributed by atoms with Gasteiger partial charge in [-0.1, -0.05) is 23.5 Å². The maximum atomic E-state index is 12.8. The van der Waals surface area contributed by atoms with E-state index in [1.165, 1.54) is 18.4 Å². The molecule has 11 heteroatoms. The van der Waals surface area contributed by atoms with Gasteiger partial charge in [0.2, 0.25) is 0 Å². The average Bonchev–Trinajstić information content (AvgIpc) is 3.26. The summed E-state index contributed by atoms with van der Waals surface area (Å²) in [5.74, 6) is 0.576. The number of hydrogen-bond acceptors (Lipinski definition) is 7. The predicted octanol–water partition coefficient (Wildman–Crippen LogP) is 3.74. The molecule has 4 rings (SSSR count). The van der Waals surface area contributed by atoms with Crippen LogP contribution in [0.1, 0.15) is 22.3 Å². The number of fused-ring (bicyclic) bond motifs is 1. The van der Waals surface area contributed by atoms with E-state index in [-0.39, 0.29) is 51.4 Å². The minimum atomic E-state index is -3.63. The molecule has 2 N–H and O–H groups in total. The molecule has 0 amide bonds. The molecule has 2 aromatic carbocycles. The van der Waals surface area contributed by atoms with Crippen LogP contribution >= 0.6 is 11.3 Å². The fourth-order valence-electron chi connectivity index (χ4n) is 3.35. The Kier molecular flexibility index (Phi) is 8.51. The van der Waals surface area contributed by atoms with Crippen LogP contribution < -0.4 is 19.8 Å². The van der Waals surface area contributed by atoms with Crippen molar-refractivity contribution in [2.45, 2.75) is 20.3 Å². The second-order valence-electron chi connectivity index (χ2n) is 7.19. The van der Waals surface area contributed by atoms with Crippen molar-refractivity contribution in [3.63, 3.8) is 0 Å². The standard InChI is InChI=1S/C22H21N3O5S2.K/c1-13-9-17-14(2)18(11-15-5-4-6-16(10-15)25-32(27,28)23-3)21(26)29-20(17)12-19(13)30-22-24-7-8-31-22;/h4-10,12,23,25H,11H2,1-3H3;. The van der Waals surface area contributed by atoms with Gasteiger partial charge in [-0.2, -0.15) is 8.42 Å². The van der Waals surface area contributed by atoms with Crippen molar-refractivity contribution in [2.75, 3.05) is 11.8 Å². The van der Waals surface area contributed by atoms with Crippen LogP contribution in [0.25, 0.3) is 11.0 Å². The number of nitrogens with zero attached hydrogens (tertiary/aromatic N) is 1. The fraction of sp³-hybridized carbons (Fsp3) is 0.182. The first-order chi connectivity index (χ1) is 15.3. The number of anilines is 1. The molecule has 0 spiro atoms. The Bertz CT molecular complexity index is 1450. The predicted molar refractivity (Wildman–Crippen MR) is 131 cm³/mol. The molecular weight excluding hydrogens is 489 g/mol. The summed E-state index contributed by atoms with van der Waals surface area (Å²) in [5.41, 5.74) is 3.37. The second-order valence-corrected chi connectivity index (χ2v) is 9.67. The zero-order valence-electron chi connectivity index (χ0n) is 18.6. The number of aryl methyl sites for hydroxylation is 2. The Morgan fingerprint density at radius 3 is 2.67 bits per heavy atom. The van der Waals surface area contributed by atoms with Crippen LogP contribution in [-0.4, -0.2) is 71.8 Å². The normalized spacial score (nSPS) is 11.2. The molecule has 4 aromatic rings. The summed E-state index contributed by atoms with van der Waals surface area (Å²) >= 11 is 1.38. The van der Waals surface area contributed by atoms with Gasteiger partial charge < -0.3 is 9.15 Å². The van der Waals surface area contributed by atoms with Gasteiger partial charge in [0.15, 0.2) is 0 Å². The van der Waals surface area contributed by atoms with Crippen LogP contribution in [0.4, 0.5) is 5.69 Å². The number of rotatable bonds is 7. The van der Waals surface area contributed by atoms with Gasteiger partial charge in [0, 0.05) is 93.4 Å². The molecule has 0 aliphatic rings. The number of thiazole rings is 1. The zero-order valence-corrected chi connectivity index (χ0v) is 23.4. The van der Waals surface area contributed by atoms with Crippen molar-refractivity contribution in [3.05, 3.63) is 80.6 Å². The molecule has 8 nitrogen and oxygen atoms in total. The first-order valence-corrected chi connectivity index (χ1v) is 12.1. The summed E-state index contributed by atoms with van der Waals surface area (Å²) < 4.78 is 39.6. The van der Waals surface area contributed by atoms with Crippen molar-refractivity contribution >= 4 is 89.6 Å². The Hall–Kier alpha value is -1.57. The third kappa shape index (κ3) is 6.11. The van der Waals surface area contributed by atoms with Gasteiger partial charge in [-0.15, -0.1) is 0 Å². The summed E-state index contributed by atoms with van der Waals surface area (Å²) in [6.45, 7) is 3.80. The van der Waals surface area contributed by atoms with Gasteiger partial charge in [-0.05, 0) is 48.7 Å². The van der Waals surface area contributed by atoms with E-state index in [1.54, 1.807) is 30.5 Å². The van der Waals surface area contributed by atoms with Crippen LogP contribution in [0.15, 0.2) is 57.2 Å². The van der Waals surface area contributed by atoms with Gasteiger partial charge in [-0.25, -0.2) is 14.5 Å². The molecule has 0 bridgehead atoms. The van der Waals surface area contributed by atoms with Crippen LogP contribution in [0.5, 0.6) is 10.9 Å². The van der Waals surface area contributed by atoms with E-state index in [0.29, 0.717) is 34.2 Å². The Labute approximate surface area is 238 Å². The van der Waals surface area contributed by atoms with Gasteiger partial charge in [0.25, 0.3) is 15.4 Å². The van der Waals surface area contributed by atoms with Gasteiger partial charge in [0.1, 0.15) is 11.3 Å². The molecule has 0 saturated carbocycles. The largest absolute Gasteiger partial charge is 0.430 e. The molecule has 0 saturated heterocycles. The van der Waals surface area contributed by atoms with Crippen molar-refractivity contribution < 1.29 is 17.6 Å². The van der Waals surface area contributed by atoms with E-state index >= 15 is 0 Å². The van der Waals surface area contributed by atoms with E-state index < -0.39 is 15.8 Å². The Morgan fingerprint density at radius 1 is 1.18 bits per heavy atom. The first kappa shape index (κ1) is 26.0. The van der Waals surface area contributed by atoms with Crippen molar-refractivity contribution in [1.82, 2.24) is 9.71 Å². The van der Waals surface area contributed by atoms with E-state index in [2.05, 4.69) is 14.4 Å². The molecule has 1 radical (unpaired) electrons. The second kappa shape index (κ2) is 10.8. The SMILES string of the molecule is CNS(=O)(=O)Nc1cccc(Cc2c(C)c3cc(C)c(Oc4nccs4)cc3oc2=O)c1.[K]. The van der Waals surface area contributed by atoms with Crippen molar-refractivity contribution in [2.24, 2.45) is 0 Å². The molecule has 0 atom stereocenters. The maximum Gasteiger partial charge on any atom is 0.340 e. The molecule has 0 aliphatic carbocycles. The van der Waals surface area contributed by atoms with Crippen LogP contribution in [0, 0.1) is 13.8 Å². The molecule has 0 fully saturated rings. The van der Waals surface area contributed by atoms with Crippen molar-refractivity contribution in [3.8, 4) is 10.9 Å². The van der Waals surface area contributed by atoms with Gasteiger partial charge in [-0.3, -0.25) is 4.72 Å². The van der Waals surface area contributed by atoms with Crippen LogP contribution in [-0.2, 0) is 16.6 Å². The van der Waals surface area contributed by atoms with E-state index in [0.717, 1.165) is 22.1 Å². The summed E-state index contributed by atoms with van der Waals surface area (Å²) in [6, 6.07) is 10.5. The summed E-state index contributed by atoms with van der Waals surface area (Å²) in [4.78, 5) is 16.9. The number of hydrogen-bond donors (Lipinski definition) is 2. The molecule has 167 valence electrons. The van der Waals surface area contributed by atoms with E-state index in [1.807, 2.05) is 31.4 Å². The Balaban J connectivity index is 0.00000306. The molecule has 0 unspecified atom stereocenters. The molecule has 2 aromatic heterocycles. The number of benzene rings is 2. The minimum Gasteiger partial charge on any atom is -0.430 e. The number of aromatic nitrogens is 1. The quantitative estimate of drug-likeness (QED) is 0.289. The molecule has 33 heavy (non-hydrogen) atoms. The number of nitrogens with one attached hydrogen (secondary N) is 2. The van der Waals surface area contributed by atoms with Crippen LogP contribution in [0.3, 0.4) is 0 Å². The summed E-state index contributed by atoms with van der Waals surface area (Å²) in [6.07, 6.45) is 1.96. The van der Waals surface area contributed by atoms with E-state index in [9.17, 15) is 13.2 Å². The zero-order chi connectivity index (χ0) is 22.9. The Morgan fingerprint density at radius 2 is 1.97 bits per heavy atom. The molecular formula is C22H21KN3O5S2. The maximum absolute atomic E-state index is 12.8. The summed E-state index contributed by atoms with van der Waals surface area (Å²) in [7, 11) is -2.31. The topological polar surface area (TPSA) is 111 Å². The fourth-order valence-corrected chi connectivity index (χ4v) is 4.39. The van der Waals surface area contributed by atoms with E-state index in [4.69, 9.17) is 9.15 Å².